The molecule has 1 saturated heterocycles. The van der Waals surface area contributed by atoms with Crippen LogP contribution < -0.4 is 15.4 Å². The highest BCUT2D eigenvalue weighted by Gasteiger charge is 2.21. The number of rotatable bonds is 9. The van der Waals surface area contributed by atoms with Gasteiger partial charge in [0.1, 0.15) is 5.75 Å². The van der Waals surface area contributed by atoms with Gasteiger partial charge in [0.15, 0.2) is 0 Å². The monoisotopic (exact) mass is 471 g/mol. The van der Waals surface area contributed by atoms with Crippen molar-refractivity contribution in [1.29, 1.82) is 0 Å². The molecule has 4 rings (SSSR count). The average molecular weight is 472 g/mol. The standard InChI is InChI=1S/C29H33N3O3/c1-22-14-17-32(18-15-22)29(34)24-8-5-9-26(20-24)30-21-28(33)31-25-10-12-27(13-11-25)35-19-16-23-6-3-2-4-7-23/h2-13,20,22,30H,14-19,21H2,1H3,(H,31,33). The second-order valence-electron chi connectivity index (χ2n) is 9.07. The number of nitrogens with zero attached hydrogens (tertiary/aromatic N) is 1. The van der Waals surface area contributed by atoms with Crippen molar-refractivity contribution >= 4 is 23.2 Å². The summed E-state index contributed by atoms with van der Waals surface area (Å²) in [5, 5.41) is 6.00. The second-order valence-corrected chi connectivity index (χ2v) is 9.07. The van der Waals surface area contributed by atoms with Crippen molar-refractivity contribution in [2.45, 2.75) is 26.2 Å². The van der Waals surface area contributed by atoms with Crippen molar-refractivity contribution in [2.24, 2.45) is 5.92 Å². The van der Waals surface area contributed by atoms with E-state index in [1.54, 1.807) is 0 Å². The first-order valence-electron chi connectivity index (χ1n) is 12.3. The maximum Gasteiger partial charge on any atom is 0.253 e. The minimum absolute atomic E-state index is 0.0519. The molecule has 0 unspecified atom stereocenters. The second kappa shape index (κ2) is 12.1. The van der Waals surface area contributed by atoms with Crippen molar-refractivity contribution in [3.63, 3.8) is 0 Å². The summed E-state index contributed by atoms with van der Waals surface area (Å²) < 4.78 is 5.80. The maximum atomic E-state index is 12.8. The Bertz CT molecular complexity index is 1110. The highest BCUT2D eigenvalue weighted by Crippen LogP contribution is 2.20. The van der Waals surface area contributed by atoms with E-state index < -0.39 is 0 Å². The minimum Gasteiger partial charge on any atom is -0.493 e. The van der Waals surface area contributed by atoms with Crippen LogP contribution >= 0.6 is 0 Å². The molecule has 3 aromatic rings. The fraction of sp³-hybridized carbons (Fsp3) is 0.310. The van der Waals surface area contributed by atoms with Gasteiger partial charge in [0.25, 0.3) is 5.91 Å². The van der Waals surface area contributed by atoms with Gasteiger partial charge in [0.2, 0.25) is 5.91 Å². The van der Waals surface area contributed by atoms with Crippen LogP contribution in [-0.2, 0) is 11.2 Å². The van der Waals surface area contributed by atoms with Crippen molar-refractivity contribution in [3.8, 4) is 5.75 Å². The van der Waals surface area contributed by atoms with Gasteiger partial charge in [0.05, 0.1) is 13.2 Å². The number of amides is 2. The Morgan fingerprint density at radius 3 is 2.40 bits per heavy atom. The lowest BCUT2D eigenvalue weighted by molar-refractivity contribution is -0.114. The van der Waals surface area contributed by atoms with Crippen LogP contribution in [0.25, 0.3) is 0 Å². The van der Waals surface area contributed by atoms with Crippen LogP contribution in [0.1, 0.15) is 35.7 Å². The van der Waals surface area contributed by atoms with Crippen LogP contribution in [0.3, 0.4) is 0 Å². The van der Waals surface area contributed by atoms with Crippen molar-refractivity contribution in [2.75, 3.05) is 36.9 Å². The fourth-order valence-electron chi connectivity index (χ4n) is 4.11. The SMILES string of the molecule is CC1CCN(C(=O)c2cccc(NCC(=O)Nc3ccc(OCCc4ccccc4)cc3)c2)CC1. The van der Waals surface area contributed by atoms with E-state index in [2.05, 4.69) is 29.7 Å². The van der Waals surface area contributed by atoms with Crippen LogP contribution in [0.15, 0.2) is 78.9 Å². The Morgan fingerprint density at radius 1 is 0.914 bits per heavy atom. The molecule has 0 spiro atoms. The molecule has 0 bridgehead atoms. The first-order chi connectivity index (χ1) is 17.1. The van der Waals surface area contributed by atoms with Crippen LogP contribution in [0.5, 0.6) is 5.75 Å². The quantitative estimate of drug-likeness (QED) is 0.448. The number of carbonyl (C=O) groups excluding carboxylic acids is 2. The molecule has 0 saturated carbocycles. The highest BCUT2D eigenvalue weighted by atomic mass is 16.5. The predicted octanol–water partition coefficient (Wildman–Crippen LogP) is 5.23. The average Bonchev–Trinajstić information content (AvgIpc) is 2.89. The van der Waals surface area contributed by atoms with Crippen molar-refractivity contribution in [1.82, 2.24) is 4.90 Å². The topological polar surface area (TPSA) is 70.7 Å². The van der Waals surface area contributed by atoms with Crippen LogP contribution in [0.2, 0.25) is 0 Å². The summed E-state index contributed by atoms with van der Waals surface area (Å²) in [7, 11) is 0. The number of piperidine rings is 1. The first kappa shape index (κ1) is 24.3. The molecule has 0 atom stereocenters. The van der Waals surface area contributed by atoms with Gasteiger partial charge in [0, 0.05) is 36.4 Å². The minimum atomic E-state index is -0.163. The zero-order valence-corrected chi connectivity index (χ0v) is 20.2. The highest BCUT2D eigenvalue weighted by molar-refractivity contribution is 5.96. The third kappa shape index (κ3) is 7.34. The number of ether oxygens (including phenoxy) is 1. The fourth-order valence-corrected chi connectivity index (χ4v) is 4.11. The number of nitrogens with one attached hydrogen (secondary N) is 2. The molecule has 0 aromatic heterocycles. The van der Waals surface area contributed by atoms with E-state index in [4.69, 9.17) is 4.74 Å². The van der Waals surface area contributed by atoms with E-state index in [9.17, 15) is 9.59 Å². The van der Waals surface area contributed by atoms with Gasteiger partial charge in [-0.3, -0.25) is 9.59 Å². The van der Waals surface area contributed by atoms with Crippen molar-refractivity contribution in [3.05, 3.63) is 90.0 Å². The largest absolute Gasteiger partial charge is 0.493 e. The summed E-state index contributed by atoms with van der Waals surface area (Å²) in [6, 6.07) is 24.9. The summed E-state index contributed by atoms with van der Waals surface area (Å²) in [5.41, 5.74) is 3.33. The maximum absolute atomic E-state index is 12.8. The number of anilines is 2. The third-order valence-electron chi connectivity index (χ3n) is 6.27. The van der Waals surface area contributed by atoms with Gasteiger partial charge >= 0.3 is 0 Å². The number of carbonyl (C=O) groups is 2. The van der Waals surface area contributed by atoms with E-state index in [0.29, 0.717) is 23.8 Å². The lowest BCUT2D eigenvalue weighted by atomic mass is 9.98. The lowest BCUT2D eigenvalue weighted by Gasteiger charge is -2.30. The van der Waals surface area contributed by atoms with Crippen LogP contribution in [0, 0.1) is 5.92 Å². The first-order valence-corrected chi connectivity index (χ1v) is 12.3. The number of hydrogen-bond acceptors (Lipinski definition) is 4. The molecule has 3 aromatic carbocycles. The molecule has 6 nitrogen and oxygen atoms in total. The molecule has 2 amide bonds. The molecule has 182 valence electrons. The lowest BCUT2D eigenvalue weighted by Crippen LogP contribution is -2.37. The van der Waals surface area contributed by atoms with Gasteiger partial charge in [-0.05, 0) is 66.8 Å². The van der Waals surface area contributed by atoms with E-state index in [-0.39, 0.29) is 18.4 Å². The van der Waals surface area contributed by atoms with E-state index >= 15 is 0 Å². The van der Waals surface area contributed by atoms with E-state index in [1.807, 2.05) is 71.6 Å². The third-order valence-corrected chi connectivity index (χ3v) is 6.27. The Hall–Kier alpha value is -3.80. The van der Waals surface area contributed by atoms with Gasteiger partial charge in [-0.15, -0.1) is 0 Å². The summed E-state index contributed by atoms with van der Waals surface area (Å²) >= 11 is 0. The van der Waals surface area contributed by atoms with Gasteiger partial charge in [-0.25, -0.2) is 0 Å². The van der Waals surface area contributed by atoms with Gasteiger partial charge < -0.3 is 20.3 Å². The normalized spacial score (nSPS) is 13.8. The van der Waals surface area contributed by atoms with Crippen LogP contribution in [-0.4, -0.2) is 43.0 Å². The molecular weight excluding hydrogens is 438 g/mol. The van der Waals surface area contributed by atoms with Crippen molar-refractivity contribution < 1.29 is 14.3 Å². The number of likely N-dealkylation sites (tertiary alicyclic amines) is 1. The number of benzene rings is 3. The molecular formula is C29H33N3O3. The molecule has 0 radical (unpaired) electrons. The molecule has 0 aliphatic carbocycles. The van der Waals surface area contributed by atoms with E-state index in [0.717, 1.165) is 43.8 Å². The molecule has 35 heavy (non-hydrogen) atoms. The van der Waals surface area contributed by atoms with Gasteiger partial charge in [-0.2, -0.15) is 0 Å². The summed E-state index contributed by atoms with van der Waals surface area (Å²) in [6.45, 7) is 4.53. The molecule has 1 aliphatic heterocycles. The molecule has 1 fully saturated rings. The zero-order chi connectivity index (χ0) is 24.5. The van der Waals surface area contributed by atoms with E-state index in [1.165, 1.54) is 5.56 Å². The predicted molar refractivity (Wildman–Crippen MR) is 140 cm³/mol. The Labute approximate surface area is 207 Å². The Kier molecular flexibility index (Phi) is 8.39. The van der Waals surface area contributed by atoms with Crippen LogP contribution in [0.4, 0.5) is 11.4 Å². The summed E-state index contributed by atoms with van der Waals surface area (Å²) in [5.74, 6) is 1.33. The summed E-state index contributed by atoms with van der Waals surface area (Å²) in [4.78, 5) is 27.1. The molecule has 6 heteroatoms. The summed E-state index contributed by atoms with van der Waals surface area (Å²) in [6.07, 6.45) is 2.93. The Morgan fingerprint density at radius 2 is 1.66 bits per heavy atom. The van der Waals surface area contributed by atoms with Gasteiger partial charge in [-0.1, -0.05) is 43.3 Å². The molecule has 2 N–H and O–H groups in total. The number of hydrogen-bond donors (Lipinski definition) is 2. The molecule has 1 heterocycles. The smallest absolute Gasteiger partial charge is 0.253 e. The zero-order valence-electron chi connectivity index (χ0n) is 20.2. The Balaban J connectivity index is 1.22. The molecule has 1 aliphatic rings.